The summed E-state index contributed by atoms with van der Waals surface area (Å²) in [7, 11) is 0. The average Bonchev–Trinajstić information content (AvgIpc) is 2.65. The van der Waals surface area contributed by atoms with Crippen LogP contribution in [0.25, 0.3) is 0 Å². The van der Waals surface area contributed by atoms with Crippen molar-refractivity contribution in [2.24, 2.45) is 5.73 Å². The summed E-state index contributed by atoms with van der Waals surface area (Å²) in [5.74, 6) is 0.356. The van der Waals surface area contributed by atoms with Crippen LogP contribution in [0.3, 0.4) is 0 Å². The first-order chi connectivity index (χ1) is 9.24. The monoisotopic (exact) mass is 265 g/mol. The maximum absolute atomic E-state index is 12.5. The average molecular weight is 265 g/mol. The Morgan fingerprint density at radius 3 is 2.16 bits per heavy atom. The van der Waals surface area contributed by atoms with E-state index in [2.05, 4.69) is 9.80 Å². The first-order valence-electron chi connectivity index (χ1n) is 8.03. The second-order valence-electron chi connectivity index (χ2n) is 6.58. The van der Waals surface area contributed by atoms with Gasteiger partial charge in [-0.25, -0.2) is 0 Å². The quantitative estimate of drug-likeness (QED) is 0.820. The number of rotatable bonds is 2. The maximum atomic E-state index is 12.5. The van der Waals surface area contributed by atoms with Crippen LogP contribution in [0.15, 0.2) is 0 Å². The molecule has 0 aliphatic carbocycles. The molecule has 2 bridgehead atoms. The van der Waals surface area contributed by atoms with Gasteiger partial charge in [0.05, 0.1) is 6.54 Å². The van der Waals surface area contributed by atoms with Crippen molar-refractivity contribution >= 4 is 5.91 Å². The Labute approximate surface area is 116 Å². The zero-order valence-electron chi connectivity index (χ0n) is 11.9. The molecule has 3 rings (SSSR count). The Hall–Kier alpha value is -0.610. The lowest BCUT2D eigenvalue weighted by molar-refractivity contribution is -0.133. The molecule has 0 aromatic carbocycles. The summed E-state index contributed by atoms with van der Waals surface area (Å²) in [4.78, 5) is 17.0. The smallest absolute Gasteiger partial charge is 0.236 e. The number of fused-ring (bicyclic) bond motifs is 2. The molecule has 0 aromatic heterocycles. The fourth-order valence-electron chi connectivity index (χ4n) is 4.15. The molecule has 3 aliphatic rings. The summed E-state index contributed by atoms with van der Waals surface area (Å²) in [6.07, 6.45) is 9.60. The highest BCUT2D eigenvalue weighted by molar-refractivity contribution is 5.78. The van der Waals surface area contributed by atoms with Crippen LogP contribution in [0.1, 0.15) is 51.4 Å². The van der Waals surface area contributed by atoms with E-state index in [9.17, 15) is 4.79 Å². The number of piperidine rings is 1. The molecule has 0 radical (unpaired) electrons. The highest BCUT2D eigenvalue weighted by atomic mass is 16.2. The van der Waals surface area contributed by atoms with Gasteiger partial charge in [0, 0.05) is 31.2 Å². The fraction of sp³-hybridized carbons (Fsp3) is 0.933. The topological polar surface area (TPSA) is 49.6 Å². The van der Waals surface area contributed by atoms with Gasteiger partial charge in [0.1, 0.15) is 0 Å². The van der Waals surface area contributed by atoms with Crippen molar-refractivity contribution in [3.8, 4) is 0 Å². The van der Waals surface area contributed by atoms with Gasteiger partial charge in [0.2, 0.25) is 5.91 Å². The number of carbonyl (C=O) groups excluding carboxylic acids is 1. The lowest BCUT2D eigenvalue weighted by Crippen LogP contribution is -2.51. The standard InChI is InChI=1S/C15H27N3O/c16-12-9-13-5-6-14(10-12)18(13)11-15(19)17-7-3-1-2-4-8-17/h12-14H,1-11,16H2. The maximum Gasteiger partial charge on any atom is 0.236 e. The van der Waals surface area contributed by atoms with E-state index in [1.54, 1.807) is 0 Å². The first kappa shape index (κ1) is 13.4. The highest BCUT2D eigenvalue weighted by Crippen LogP contribution is 2.34. The number of likely N-dealkylation sites (tertiary alicyclic amines) is 1. The van der Waals surface area contributed by atoms with Crippen LogP contribution in [0.5, 0.6) is 0 Å². The molecule has 0 spiro atoms. The van der Waals surface area contributed by atoms with Crippen molar-refractivity contribution in [2.75, 3.05) is 19.6 Å². The van der Waals surface area contributed by atoms with Crippen molar-refractivity contribution < 1.29 is 4.79 Å². The third kappa shape index (κ3) is 2.95. The Bertz CT molecular complexity index is 311. The van der Waals surface area contributed by atoms with Crippen LogP contribution < -0.4 is 5.73 Å². The van der Waals surface area contributed by atoms with Gasteiger partial charge in [0.25, 0.3) is 0 Å². The van der Waals surface area contributed by atoms with Crippen LogP contribution in [0, 0.1) is 0 Å². The number of nitrogens with two attached hydrogens (primary N) is 1. The number of hydrogen-bond acceptors (Lipinski definition) is 3. The van der Waals surface area contributed by atoms with E-state index < -0.39 is 0 Å². The normalized spacial score (nSPS) is 36.3. The van der Waals surface area contributed by atoms with Crippen LogP contribution in [-0.4, -0.2) is 53.5 Å². The minimum Gasteiger partial charge on any atom is -0.342 e. The predicted molar refractivity (Wildman–Crippen MR) is 75.8 cm³/mol. The molecule has 3 fully saturated rings. The molecule has 3 aliphatic heterocycles. The lowest BCUT2D eigenvalue weighted by Gasteiger charge is -2.38. The molecule has 3 saturated heterocycles. The van der Waals surface area contributed by atoms with E-state index in [0.29, 0.717) is 30.6 Å². The van der Waals surface area contributed by atoms with Crippen molar-refractivity contribution in [3.05, 3.63) is 0 Å². The summed E-state index contributed by atoms with van der Waals surface area (Å²) in [5, 5.41) is 0. The van der Waals surface area contributed by atoms with Crippen molar-refractivity contribution in [2.45, 2.75) is 69.5 Å². The minimum atomic E-state index is 0.356. The predicted octanol–water partition coefficient (Wildman–Crippen LogP) is 1.34. The van der Waals surface area contributed by atoms with E-state index >= 15 is 0 Å². The van der Waals surface area contributed by atoms with Gasteiger partial charge in [-0.2, -0.15) is 0 Å². The molecule has 0 aromatic rings. The van der Waals surface area contributed by atoms with Crippen molar-refractivity contribution in [1.82, 2.24) is 9.80 Å². The van der Waals surface area contributed by atoms with Gasteiger partial charge in [0.15, 0.2) is 0 Å². The van der Waals surface area contributed by atoms with E-state index in [0.717, 1.165) is 25.9 Å². The molecular weight excluding hydrogens is 238 g/mol. The number of nitrogens with zero attached hydrogens (tertiary/aromatic N) is 2. The first-order valence-corrected chi connectivity index (χ1v) is 8.03. The summed E-state index contributed by atoms with van der Waals surface area (Å²) >= 11 is 0. The van der Waals surface area contributed by atoms with Crippen LogP contribution in [0.4, 0.5) is 0 Å². The molecule has 4 heteroatoms. The highest BCUT2D eigenvalue weighted by Gasteiger charge is 2.40. The Kier molecular flexibility index (Phi) is 4.08. The summed E-state index contributed by atoms with van der Waals surface area (Å²) in [5.41, 5.74) is 6.09. The van der Waals surface area contributed by atoms with Gasteiger partial charge in [-0.15, -0.1) is 0 Å². The van der Waals surface area contributed by atoms with Gasteiger partial charge in [-0.3, -0.25) is 9.69 Å². The van der Waals surface area contributed by atoms with E-state index in [4.69, 9.17) is 5.73 Å². The Morgan fingerprint density at radius 2 is 1.58 bits per heavy atom. The molecule has 2 unspecified atom stereocenters. The second kappa shape index (κ2) is 5.80. The molecule has 19 heavy (non-hydrogen) atoms. The fourth-order valence-corrected chi connectivity index (χ4v) is 4.15. The zero-order valence-corrected chi connectivity index (χ0v) is 11.9. The second-order valence-corrected chi connectivity index (χ2v) is 6.58. The minimum absolute atomic E-state index is 0.356. The zero-order chi connectivity index (χ0) is 13.2. The molecule has 4 nitrogen and oxygen atoms in total. The Morgan fingerprint density at radius 1 is 1.00 bits per heavy atom. The van der Waals surface area contributed by atoms with Gasteiger partial charge in [-0.05, 0) is 38.5 Å². The van der Waals surface area contributed by atoms with E-state index in [1.165, 1.54) is 38.5 Å². The number of carbonyl (C=O) groups is 1. The molecular formula is C15H27N3O. The van der Waals surface area contributed by atoms with Gasteiger partial charge >= 0.3 is 0 Å². The molecule has 3 heterocycles. The van der Waals surface area contributed by atoms with E-state index in [1.807, 2.05) is 0 Å². The summed E-state index contributed by atoms with van der Waals surface area (Å²) in [6, 6.07) is 1.51. The number of hydrogen-bond donors (Lipinski definition) is 1. The molecule has 0 saturated carbocycles. The number of amides is 1. The Balaban J connectivity index is 1.57. The van der Waals surface area contributed by atoms with E-state index in [-0.39, 0.29) is 0 Å². The molecule has 2 atom stereocenters. The largest absolute Gasteiger partial charge is 0.342 e. The lowest BCUT2D eigenvalue weighted by atomic mass is 9.98. The van der Waals surface area contributed by atoms with Crippen LogP contribution in [0.2, 0.25) is 0 Å². The summed E-state index contributed by atoms with van der Waals surface area (Å²) in [6.45, 7) is 2.59. The summed E-state index contributed by atoms with van der Waals surface area (Å²) < 4.78 is 0. The van der Waals surface area contributed by atoms with Crippen molar-refractivity contribution in [1.29, 1.82) is 0 Å². The molecule has 1 amide bonds. The van der Waals surface area contributed by atoms with Gasteiger partial charge < -0.3 is 10.6 Å². The third-order valence-electron chi connectivity index (χ3n) is 5.20. The van der Waals surface area contributed by atoms with Gasteiger partial charge in [-0.1, -0.05) is 12.8 Å². The molecule has 2 N–H and O–H groups in total. The third-order valence-corrected chi connectivity index (χ3v) is 5.20. The SMILES string of the molecule is NC1CC2CCC(C1)N2CC(=O)N1CCCCCC1. The van der Waals surface area contributed by atoms with Crippen LogP contribution >= 0.6 is 0 Å². The van der Waals surface area contributed by atoms with Crippen molar-refractivity contribution in [3.63, 3.8) is 0 Å². The molecule has 108 valence electrons. The van der Waals surface area contributed by atoms with Crippen LogP contribution in [-0.2, 0) is 4.79 Å².